The van der Waals surface area contributed by atoms with Crippen molar-refractivity contribution in [2.75, 3.05) is 4.90 Å². The van der Waals surface area contributed by atoms with Gasteiger partial charge in [-0.1, -0.05) is 36.4 Å². The third-order valence-corrected chi connectivity index (χ3v) is 3.56. The molecule has 0 saturated carbocycles. The summed E-state index contributed by atoms with van der Waals surface area (Å²) >= 11 is 0. The lowest BCUT2D eigenvalue weighted by Crippen LogP contribution is -2.30. The highest BCUT2D eigenvalue weighted by Crippen LogP contribution is 2.21. The molecule has 1 aliphatic heterocycles. The molecular formula is C18H13N3O4. The number of hydrogen-bond acceptors (Lipinski definition) is 4. The second-order valence-corrected chi connectivity index (χ2v) is 5.16. The molecule has 2 aromatic carbocycles. The second kappa shape index (κ2) is 6.79. The van der Waals surface area contributed by atoms with Crippen molar-refractivity contribution in [2.45, 2.75) is 0 Å². The average Bonchev–Trinajstić information content (AvgIpc) is 2.90. The minimum Gasteiger partial charge on any atom is -0.302 e. The zero-order valence-electron chi connectivity index (χ0n) is 13.0. The molecule has 0 unspecified atom stereocenters. The van der Waals surface area contributed by atoms with E-state index < -0.39 is 16.9 Å². The molecule has 3 amide bonds. The molecule has 0 radical (unpaired) electrons. The summed E-state index contributed by atoms with van der Waals surface area (Å²) in [6.07, 6.45) is 4.42. The summed E-state index contributed by atoms with van der Waals surface area (Å²) in [5, 5.41) is 13.5. The largest absolute Gasteiger partial charge is 0.333 e. The molecule has 7 nitrogen and oxygen atoms in total. The van der Waals surface area contributed by atoms with Gasteiger partial charge in [0.05, 0.1) is 16.2 Å². The van der Waals surface area contributed by atoms with Crippen LogP contribution in [0.2, 0.25) is 0 Å². The quantitative estimate of drug-likeness (QED) is 0.402. The van der Waals surface area contributed by atoms with Gasteiger partial charge in [-0.3, -0.25) is 14.9 Å². The summed E-state index contributed by atoms with van der Waals surface area (Å²) in [5.74, 6) is -0.483. The predicted molar refractivity (Wildman–Crippen MR) is 92.7 cm³/mol. The number of nitro groups is 1. The molecule has 25 heavy (non-hydrogen) atoms. The second-order valence-electron chi connectivity index (χ2n) is 5.16. The first-order chi connectivity index (χ1) is 12.1. The monoisotopic (exact) mass is 335 g/mol. The van der Waals surface area contributed by atoms with Crippen LogP contribution in [0.4, 0.5) is 16.2 Å². The maximum Gasteiger partial charge on any atom is 0.333 e. The van der Waals surface area contributed by atoms with Gasteiger partial charge in [-0.25, -0.2) is 9.69 Å². The van der Waals surface area contributed by atoms with Gasteiger partial charge in [-0.05, 0) is 30.4 Å². The zero-order valence-corrected chi connectivity index (χ0v) is 13.0. The molecule has 0 atom stereocenters. The highest BCUT2D eigenvalue weighted by molar-refractivity contribution is 6.26. The molecule has 7 heteroatoms. The van der Waals surface area contributed by atoms with Gasteiger partial charge in [-0.2, -0.15) is 0 Å². The fourth-order valence-electron chi connectivity index (χ4n) is 2.40. The van der Waals surface area contributed by atoms with Crippen molar-refractivity contribution in [3.05, 3.63) is 88.1 Å². The molecule has 1 aliphatic rings. The number of benzene rings is 2. The summed E-state index contributed by atoms with van der Waals surface area (Å²) in [7, 11) is 0. The van der Waals surface area contributed by atoms with Gasteiger partial charge >= 0.3 is 6.03 Å². The number of carbonyl (C=O) groups excluding carboxylic acids is 2. The number of imide groups is 1. The lowest BCUT2D eigenvalue weighted by molar-refractivity contribution is -0.385. The van der Waals surface area contributed by atoms with Crippen molar-refractivity contribution in [2.24, 2.45) is 0 Å². The first kappa shape index (κ1) is 16.1. The standard InChI is InChI=1S/C18H13N3O4/c22-17-15(19-18(23)20(17)14-9-2-1-3-10-14)11-6-8-13-7-4-5-12-16(13)21(24)25/h1-12H,(H,19,23)/b8-6+,15-11+. The van der Waals surface area contributed by atoms with E-state index in [9.17, 15) is 19.7 Å². The van der Waals surface area contributed by atoms with E-state index in [0.29, 0.717) is 11.3 Å². The van der Waals surface area contributed by atoms with Gasteiger partial charge in [0.15, 0.2) is 0 Å². The van der Waals surface area contributed by atoms with Crippen molar-refractivity contribution in [1.82, 2.24) is 5.32 Å². The zero-order chi connectivity index (χ0) is 17.8. The minimum atomic E-state index is -0.540. The van der Waals surface area contributed by atoms with Crippen LogP contribution in [-0.2, 0) is 4.79 Å². The number of amides is 3. The fraction of sp³-hybridized carbons (Fsp3) is 0. The number of carbonyl (C=O) groups is 2. The lowest BCUT2D eigenvalue weighted by atomic mass is 10.1. The Morgan fingerprint density at radius 3 is 2.40 bits per heavy atom. The van der Waals surface area contributed by atoms with E-state index in [0.717, 1.165) is 4.90 Å². The third-order valence-electron chi connectivity index (χ3n) is 3.56. The molecule has 0 aromatic heterocycles. The van der Waals surface area contributed by atoms with E-state index >= 15 is 0 Å². The predicted octanol–water partition coefficient (Wildman–Crippen LogP) is 3.25. The van der Waals surface area contributed by atoms with E-state index in [1.807, 2.05) is 0 Å². The van der Waals surface area contributed by atoms with Crippen molar-refractivity contribution in [1.29, 1.82) is 0 Å². The molecule has 2 aromatic rings. The van der Waals surface area contributed by atoms with Crippen LogP contribution < -0.4 is 10.2 Å². The van der Waals surface area contributed by atoms with Crippen LogP contribution in [0, 0.1) is 10.1 Å². The van der Waals surface area contributed by atoms with Gasteiger partial charge in [0.2, 0.25) is 0 Å². The van der Waals surface area contributed by atoms with Crippen LogP contribution in [0.1, 0.15) is 5.56 Å². The normalized spacial score (nSPS) is 15.8. The van der Waals surface area contributed by atoms with E-state index in [2.05, 4.69) is 5.32 Å². The molecule has 124 valence electrons. The summed E-state index contributed by atoms with van der Waals surface area (Å²) in [6.45, 7) is 0. The Hall–Kier alpha value is -3.74. The van der Waals surface area contributed by atoms with Crippen molar-refractivity contribution < 1.29 is 14.5 Å². The number of hydrogen-bond donors (Lipinski definition) is 1. The number of nitrogens with one attached hydrogen (secondary N) is 1. The SMILES string of the molecule is O=C1N/C(=C/C=C/c2ccccc2[N+](=O)[O-])C(=O)N1c1ccccc1. The van der Waals surface area contributed by atoms with E-state index in [1.165, 1.54) is 24.3 Å². The van der Waals surface area contributed by atoms with Gasteiger partial charge in [0.1, 0.15) is 5.70 Å². The average molecular weight is 335 g/mol. The first-order valence-electron chi connectivity index (χ1n) is 7.40. The number of para-hydroxylation sites is 2. The summed E-state index contributed by atoms with van der Waals surface area (Å²) in [4.78, 5) is 35.9. The Balaban J connectivity index is 1.83. The fourth-order valence-corrected chi connectivity index (χ4v) is 2.40. The maximum atomic E-state index is 12.4. The molecular weight excluding hydrogens is 322 g/mol. The van der Waals surface area contributed by atoms with Gasteiger partial charge in [-0.15, -0.1) is 0 Å². The van der Waals surface area contributed by atoms with Crippen LogP contribution in [0.25, 0.3) is 6.08 Å². The smallest absolute Gasteiger partial charge is 0.302 e. The summed E-state index contributed by atoms with van der Waals surface area (Å²) in [6, 6.07) is 14.3. The van der Waals surface area contributed by atoms with Crippen LogP contribution in [-0.4, -0.2) is 16.9 Å². The van der Waals surface area contributed by atoms with Crippen LogP contribution in [0.5, 0.6) is 0 Å². The number of nitro benzene ring substituents is 1. The maximum absolute atomic E-state index is 12.4. The first-order valence-corrected chi connectivity index (χ1v) is 7.40. The van der Waals surface area contributed by atoms with Crippen molar-refractivity contribution >= 4 is 29.4 Å². The lowest BCUT2D eigenvalue weighted by Gasteiger charge is -2.10. The molecule has 1 N–H and O–H groups in total. The Bertz CT molecular complexity index is 904. The Morgan fingerprint density at radius 1 is 1.00 bits per heavy atom. The van der Waals surface area contributed by atoms with Gasteiger partial charge in [0.25, 0.3) is 11.6 Å². The topological polar surface area (TPSA) is 92.5 Å². The minimum absolute atomic E-state index is 0.0372. The Morgan fingerprint density at radius 2 is 1.68 bits per heavy atom. The molecule has 1 fully saturated rings. The number of rotatable bonds is 4. The Labute approximate surface area is 143 Å². The summed E-state index contributed by atoms with van der Waals surface area (Å²) in [5.41, 5.74) is 0.936. The van der Waals surface area contributed by atoms with Crippen LogP contribution >= 0.6 is 0 Å². The van der Waals surface area contributed by atoms with E-state index in [1.54, 1.807) is 48.5 Å². The van der Waals surface area contributed by atoms with Crippen molar-refractivity contribution in [3.8, 4) is 0 Å². The van der Waals surface area contributed by atoms with Crippen LogP contribution in [0.15, 0.2) is 72.4 Å². The molecule has 3 rings (SSSR count). The Kier molecular flexibility index (Phi) is 4.38. The van der Waals surface area contributed by atoms with Gasteiger partial charge < -0.3 is 5.32 Å². The number of allylic oxidation sites excluding steroid dienone is 2. The van der Waals surface area contributed by atoms with Crippen molar-refractivity contribution in [3.63, 3.8) is 0 Å². The molecule has 1 saturated heterocycles. The molecule has 1 heterocycles. The van der Waals surface area contributed by atoms with E-state index in [-0.39, 0.29) is 11.4 Å². The van der Waals surface area contributed by atoms with Gasteiger partial charge in [0, 0.05) is 6.07 Å². The van der Waals surface area contributed by atoms with Crippen LogP contribution in [0.3, 0.4) is 0 Å². The molecule has 0 aliphatic carbocycles. The highest BCUT2D eigenvalue weighted by atomic mass is 16.6. The highest BCUT2D eigenvalue weighted by Gasteiger charge is 2.34. The number of anilines is 1. The number of nitrogens with zero attached hydrogens (tertiary/aromatic N) is 2. The third kappa shape index (κ3) is 3.30. The van der Waals surface area contributed by atoms with E-state index in [4.69, 9.17) is 0 Å². The number of urea groups is 1. The summed E-state index contributed by atoms with van der Waals surface area (Å²) < 4.78 is 0. The molecule has 0 spiro atoms. The molecule has 0 bridgehead atoms.